The summed E-state index contributed by atoms with van der Waals surface area (Å²) in [6, 6.07) is 17.2. The summed E-state index contributed by atoms with van der Waals surface area (Å²) in [5.74, 6) is -0.510. The molecular formula is C45H53N7O6. The van der Waals surface area contributed by atoms with Gasteiger partial charge in [0.2, 0.25) is 17.7 Å². The first-order valence-corrected chi connectivity index (χ1v) is 20.5. The molecule has 304 valence electrons. The van der Waals surface area contributed by atoms with Crippen LogP contribution < -0.4 is 15.0 Å². The number of nitrogens with one attached hydrogen (secondary N) is 1. The molecule has 58 heavy (non-hydrogen) atoms. The lowest BCUT2D eigenvalue weighted by atomic mass is 9.96. The van der Waals surface area contributed by atoms with Crippen LogP contribution in [0.4, 0.5) is 5.69 Å². The van der Waals surface area contributed by atoms with E-state index in [1.54, 1.807) is 12.1 Å². The van der Waals surface area contributed by atoms with Gasteiger partial charge in [-0.25, -0.2) is 4.98 Å². The Morgan fingerprint density at radius 2 is 1.71 bits per heavy atom. The summed E-state index contributed by atoms with van der Waals surface area (Å²) in [4.78, 5) is 63.0. The molecule has 8 rings (SSSR count). The number of fused-ring (bicyclic) bond motifs is 3. The number of anilines is 1. The topological polar surface area (TPSA) is 150 Å². The highest BCUT2D eigenvalue weighted by Gasteiger charge is 2.33. The zero-order chi connectivity index (χ0) is 40.6. The predicted octanol–water partition coefficient (Wildman–Crippen LogP) is 5.77. The number of aliphatic hydroxyl groups is 1. The third-order valence-corrected chi connectivity index (χ3v) is 11.7. The molecule has 3 aliphatic rings. The third-order valence-electron chi connectivity index (χ3n) is 11.7. The molecule has 2 N–H and O–H groups in total. The van der Waals surface area contributed by atoms with Crippen molar-refractivity contribution >= 4 is 51.5 Å². The van der Waals surface area contributed by atoms with Gasteiger partial charge in [-0.2, -0.15) is 0 Å². The highest BCUT2D eigenvalue weighted by Crippen LogP contribution is 2.32. The summed E-state index contributed by atoms with van der Waals surface area (Å²) >= 11 is 0. The van der Waals surface area contributed by atoms with Gasteiger partial charge >= 0.3 is 0 Å². The molecule has 2 saturated heterocycles. The number of aldehydes is 1. The summed E-state index contributed by atoms with van der Waals surface area (Å²) in [6.07, 6.45) is 14.9. The monoisotopic (exact) mass is 787 g/mol. The van der Waals surface area contributed by atoms with Gasteiger partial charge in [0.15, 0.2) is 6.29 Å². The molecule has 1 atom stereocenters. The van der Waals surface area contributed by atoms with Crippen molar-refractivity contribution in [3.63, 3.8) is 0 Å². The molecule has 5 aromatic rings. The molecule has 1 aliphatic carbocycles. The molecule has 3 fully saturated rings. The number of piperidine rings is 1. The van der Waals surface area contributed by atoms with Gasteiger partial charge in [-0.05, 0) is 87.0 Å². The lowest BCUT2D eigenvalue weighted by Crippen LogP contribution is -2.53. The number of carbonyl (C=O) groups excluding carboxylic acids is 4. The van der Waals surface area contributed by atoms with Crippen LogP contribution in [0, 0.1) is 0 Å². The maximum atomic E-state index is 13.0. The Balaban J connectivity index is 0.000000182. The highest BCUT2D eigenvalue weighted by molar-refractivity contribution is 6.09. The van der Waals surface area contributed by atoms with Crippen LogP contribution in [0.2, 0.25) is 0 Å². The van der Waals surface area contributed by atoms with Crippen molar-refractivity contribution in [3.8, 4) is 17.0 Å². The number of aliphatic hydroxyl groups excluding tert-OH is 1. The third kappa shape index (κ3) is 9.21. The van der Waals surface area contributed by atoms with Gasteiger partial charge in [0.1, 0.15) is 12.1 Å². The molecule has 0 bridgehead atoms. The van der Waals surface area contributed by atoms with Crippen LogP contribution in [0.15, 0.2) is 73.2 Å². The van der Waals surface area contributed by atoms with E-state index in [1.807, 2.05) is 30.7 Å². The Hall–Kier alpha value is -5.66. The van der Waals surface area contributed by atoms with Crippen molar-refractivity contribution in [2.45, 2.75) is 69.9 Å². The number of benzene rings is 2. The number of piperazine rings is 1. The molecule has 3 amide bonds. The molecule has 2 aliphatic heterocycles. The Bertz CT molecular complexity index is 2240. The first kappa shape index (κ1) is 40.5. The van der Waals surface area contributed by atoms with Crippen molar-refractivity contribution < 1.29 is 29.0 Å². The SMILES string of the molecule is CN(C(=O)c1ccc(N2CCN(CCCCCCO)CC2)cc1C=O)C1CCC(=O)NC1=O.Cn1c2ccncc2c2ccc(-c3ccc(OC4CCC4)nc3)cc21. The number of hydrogen-bond acceptors (Lipinski definition) is 10. The smallest absolute Gasteiger partial charge is 0.255 e. The lowest BCUT2D eigenvalue weighted by molar-refractivity contribution is -0.136. The largest absolute Gasteiger partial charge is 0.474 e. The van der Waals surface area contributed by atoms with Gasteiger partial charge in [-0.3, -0.25) is 34.4 Å². The number of aromatic nitrogens is 3. The van der Waals surface area contributed by atoms with E-state index in [0.717, 1.165) is 93.9 Å². The minimum atomic E-state index is -0.730. The zero-order valence-electron chi connectivity index (χ0n) is 33.4. The molecular weight excluding hydrogens is 735 g/mol. The zero-order valence-corrected chi connectivity index (χ0v) is 33.4. The first-order valence-electron chi connectivity index (χ1n) is 20.5. The van der Waals surface area contributed by atoms with E-state index in [9.17, 15) is 19.2 Å². The van der Waals surface area contributed by atoms with Gasteiger partial charge in [0.25, 0.3) is 5.91 Å². The maximum Gasteiger partial charge on any atom is 0.255 e. The number of likely N-dealkylation sites (N-methyl/N-ethyl adjacent to an activating group) is 1. The second-order valence-electron chi connectivity index (χ2n) is 15.5. The average molecular weight is 788 g/mol. The number of nitrogens with zero attached hydrogens (tertiary/aromatic N) is 6. The quantitative estimate of drug-likeness (QED) is 0.0856. The molecule has 2 aromatic carbocycles. The van der Waals surface area contributed by atoms with Crippen LogP contribution in [0.1, 0.15) is 78.5 Å². The lowest BCUT2D eigenvalue weighted by Gasteiger charge is -2.36. The van der Waals surface area contributed by atoms with E-state index in [0.29, 0.717) is 18.0 Å². The first-order chi connectivity index (χ1) is 28.2. The van der Waals surface area contributed by atoms with Crippen molar-refractivity contribution in [1.29, 1.82) is 0 Å². The molecule has 1 saturated carbocycles. The summed E-state index contributed by atoms with van der Waals surface area (Å²) < 4.78 is 8.07. The molecule has 1 unspecified atom stereocenters. The number of carbonyl (C=O) groups is 4. The number of aryl methyl sites for hydroxylation is 1. The molecule has 13 heteroatoms. The van der Waals surface area contributed by atoms with Crippen LogP contribution in [-0.2, 0) is 16.6 Å². The molecule has 0 radical (unpaired) electrons. The van der Waals surface area contributed by atoms with Crippen LogP contribution in [0.3, 0.4) is 0 Å². The Morgan fingerprint density at radius 1 is 0.914 bits per heavy atom. The number of amides is 3. The second-order valence-corrected chi connectivity index (χ2v) is 15.5. The van der Waals surface area contributed by atoms with E-state index >= 15 is 0 Å². The Labute approximate surface area is 339 Å². The second kappa shape index (κ2) is 18.7. The number of imide groups is 1. The number of unbranched alkanes of at least 4 members (excludes halogenated alkanes) is 3. The van der Waals surface area contributed by atoms with E-state index in [4.69, 9.17) is 9.84 Å². The van der Waals surface area contributed by atoms with Gasteiger partial charge in [-0.15, -0.1) is 0 Å². The van der Waals surface area contributed by atoms with E-state index in [-0.39, 0.29) is 30.9 Å². The standard InChI is InChI=1S/C24H34N4O5.C21H19N3O/c1-26(21-8-9-22(31)25-23(21)32)24(33)20-7-6-19(16-18(20)17-30)28-13-11-27(12-14-28)10-4-2-3-5-15-29;1-24-19-9-10-22-13-18(19)17-7-5-14(11-20(17)24)15-6-8-21(23-12-15)25-16-3-2-4-16/h6-7,16-17,21,29H,2-5,8-15H2,1H3,(H,25,31,32);5-13,16H,2-4H2,1H3. The summed E-state index contributed by atoms with van der Waals surface area (Å²) in [6.45, 7) is 4.89. The Kier molecular flexibility index (Phi) is 13.1. The molecule has 13 nitrogen and oxygen atoms in total. The molecule has 3 aromatic heterocycles. The fraction of sp³-hybridized carbons (Fsp3) is 0.422. The summed E-state index contributed by atoms with van der Waals surface area (Å²) in [5.41, 5.74) is 6.12. The van der Waals surface area contributed by atoms with E-state index in [1.165, 1.54) is 40.2 Å². The minimum absolute atomic E-state index is 0.183. The molecule has 0 spiro atoms. The maximum absolute atomic E-state index is 13.0. The Morgan fingerprint density at radius 3 is 2.41 bits per heavy atom. The van der Waals surface area contributed by atoms with Crippen LogP contribution >= 0.6 is 0 Å². The predicted molar refractivity (Wildman–Crippen MR) is 224 cm³/mol. The van der Waals surface area contributed by atoms with Gasteiger partial charge < -0.3 is 24.2 Å². The normalized spacial score (nSPS) is 17.4. The fourth-order valence-corrected chi connectivity index (χ4v) is 7.97. The fourth-order valence-electron chi connectivity index (χ4n) is 7.97. The summed E-state index contributed by atoms with van der Waals surface area (Å²) in [7, 11) is 3.62. The van der Waals surface area contributed by atoms with Crippen LogP contribution in [0.5, 0.6) is 5.88 Å². The van der Waals surface area contributed by atoms with Crippen molar-refractivity contribution in [2.75, 3.05) is 51.3 Å². The van der Waals surface area contributed by atoms with Crippen LogP contribution in [0.25, 0.3) is 32.9 Å². The van der Waals surface area contributed by atoms with E-state index in [2.05, 4.69) is 67.0 Å². The van der Waals surface area contributed by atoms with Gasteiger partial charge in [0, 0.05) is 111 Å². The van der Waals surface area contributed by atoms with Crippen molar-refractivity contribution in [1.82, 2.24) is 29.7 Å². The number of ether oxygens (including phenoxy) is 1. The van der Waals surface area contributed by atoms with Crippen molar-refractivity contribution in [2.24, 2.45) is 7.05 Å². The molecule has 5 heterocycles. The highest BCUT2D eigenvalue weighted by atomic mass is 16.5. The van der Waals surface area contributed by atoms with Gasteiger partial charge in [-0.1, -0.05) is 25.0 Å². The minimum Gasteiger partial charge on any atom is -0.474 e. The number of pyridine rings is 2. The van der Waals surface area contributed by atoms with Crippen LogP contribution in [-0.4, -0.2) is 112 Å². The van der Waals surface area contributed by atoms with Gasteiger partial charge in [0.05, 0.1) is 11.1 Å². The number of hydrogen-bond donors (Lipinski definition) is 2. The van der Waals surface area contributed by atoms with Crippen molar-refractivity contribution in [3.05, 3.63) is 84.3 Å². The average Bonchev–Trinajstić information content (AvgIpc) is 3.52. The van der Waals surface area contributed by atoms with E-state index < -0.39 is 17.9 Å². The number of rotatable bonds is 13. The summed E-state index contributed by atoms with van der Waals surface area (Å²) in [5, 5.41) is 13.5.